The van der Waals surface area contributed by atoms with Crippen LogP contribution in [0.4, 0.5) is 0 Å². The molecule has 8 atom stereocenters. The number of ketones is 1. The number of unbranched alkanes of at least 4 members (excludes halogenated alkanes) is 4. The predicted molar refractivity (Wildman–Crippen MR) is 148 cm³/mol. The van der Waals surface area contributed by atoms with Crippen molar-refractivity contribution < 1.29 is 33.7 Å². The van der Waals surface area contributed by atoms with Crippen LogP contribution in [-0.4, -0.2) is 52.8 Å². The van der Waals surface area contributed by atoms with Crippen LogP contribution in [0, 0.1) is 29.1 Å². The molecular weight excluding hydrogens is 496 g/mol. The number of rotatable bonds is 10. The highest BCUT2D eigenvalue weighted by Gasteiger charge is 2.69. The second-order valence-corrected chi connectivity index (χ2v) is 13.4. The van der Waals surface area contributed by atoms with Gasteiger partial charge in [0, 0.05) is 12.8 Å². The molecule has 0 aromatic rings. The minimum Gasteiger partial charge on any atom is -0.461 e. The summed E-state index contributed by atoms with van der Waals surface area (Å²) in [6.45, 7) is 12.7. The summed E-state index contributed by atoms with van der Waals surface area (Å²) in [5, 5.41) is 12.3. The monoisotopic (exact) mass is 546 g/mol. The number of esters is 2. The van der Waals surface area contributed by atoms with Gasteiger partial charge in [-0.05, 0) is 67.8 Å². The quantitative estimate of drug-likeness (QED) is 0.213. The van der Waals surface area contributed by atoms with Crippen LogP contribution in [0.15, 0.2) is 11.6 Å². The number of carbonyl (C=O) groups is 3. The van der Waals surface area contributed by atoms with Crippen molar-refractivity contribution in [3.8, 4) is 0 Å². The minimum atomic E-state index is -1.82. The zero-order valence-corrected chi connectivity index (χ0v) is 24.9. The fourth-order valence-corrected chi connectivity index (χ4v) is 7.48. The lowest BCUT2D eigenvalue weighted by molar-refractivity contribution is -0.181. The molecule has 39 heavy (non-hydrogen) atoms. The Morgan fingerprint density at radius 3 is 2.21 bits per heavy atom. The highest BCUT2D eigenvalue weighted by Crippen LogP contribution is 2.63. The number of ether oxygens (including phenoxy) is 3. The van der Waals surface area contributed by atoms with Crippen molar-refractivity contribution in [3.63, 3.8) is 0 Å². The molecule has 7 heteroatoms. The average molecular weight is 547 g/mol. The molecule has 1 N–H and O–H groups in total. The molecule has 220 valence electrons. The number of allylic oxidation sites excluding steroid dienone is 1. The van der Waals surface area contributed by atoms with E-state index < -0.39 is 29.3 Å². The highest BCUT2D eigenvalue weighted by atomic mass is 16.6. The van der Waals surface area contributed by atoms with Gasteiger partial charge in [-0.15, -0.1) is 0 Å². The van der Waals surface area contributed by atoms with Crippen LogP contribution in [0.2, 0.25) is 0 Å². The second kappa shape index (κ2) is 11.6. The predicted octanol–water partition coefficient (Wildman–Crippen LogP) is 5.71. The molecule has 1 spiro atoms. The number of fused-ring (bicyclic) bond motifs is 2. The fourth-order valence-electron chi connectivity index (χ4n) is 7.48. The molecule has 3 aliphatic carbocycles. The van der Waals surface area contributed by atoms with E-state index in [1.807, 2.05) is 13.0 Å². The van der Waals surface area contributed by atoms with Crippen LogP contribution in [0.25, 0.3) is 0 Å². The van der Waals surface area contributed by atoms with Gasteiger partial charge in [0.25, 0.3) is 0 Å². The molecule has 0 aromatic heterocycles. The van der Waals surface area contributed by atoms with Crippen molar-refractivity contribution in [1.82, 2.24) is 0 Å². The molecule has 1 aliphatic heterocycles. The summed E-state index contributed by atoms with van der Waals surface area (Å²) < 4.78 is 18.4. The van der Waals surface area contributed by atoms with Crippen LogP contribution in [0.1, 0.15) is 112 Å². The molecule has 1 heterocycles. The summed E-state index contributed by atoms with van der Waals surface area (Å²) in [4.78, 5) is 40.2. The Hall–Kier alpha value is -1.73. The fraction of sp³-hybridized carbons (Fsp3) is 0.844. The first-order chi connectivity index (χ1) is 18.4. The Bertz CT molecular complexity index is 964. The largest absolute Gasteiger partial charge is 0.461 e. The summed E-state index contributed by atoms with van der Waals surface area (Å²) >= 11 is 0. The van der Waals surface area contributed by atoms with Gasteiger partial charge in [0.2, 0.25) is 0 Å². The van der Waals surface area contributed by atoms with E-state index in [1.54, 1.807) is 6.92 Å². The summed E-state index contributed by atoms with van der Waals surface area (Å²) in [7, 11) is 0. The second-order valence-electron chi connectivity index (χ2n) is 13.4. The lowest BCUT2D eigenvalue weighted by atomic mass is 9.74. The van der Waals surface area contributed by atoms with Crippen molar-refractivity contribution in [2.75, 3.05) is 6.61 Å². The molecule has 1 unspecified atom stereocenters. The standard InChI is InChI=1S/C32H50O7/c1-7-9-11-13-24(33)38-27-21(4)18-32(36)26(27)29(39-25(34)14-12-10-8-2)31(19-37-31)16-15-22-23(30(22,5)6)17-20(3)28(32)35/h17,21-23,26-27,29,36H,7-16,18-19H2,1-6H3/b20-17-/t21-,22-,23+,26+,27-,29?,31+,32+/m0/s1. The summed E-state index contributed by atoms with van der Waals surface area (Å²) in [6.07, 6.45) is 7.94. The lowest BCUT2D eigenvalue weighted by Crippen LogP contribution is -2.56. The van der Waals surface area contributed by atoms with Gasteiger partial charge >= 0.3 is 11.9 Å². The van der Waals surface area contributed by atoms with Crippen molar-refractivity contribution in [2.45, 2.75) is 136 Å². The van der Waals surface area contributed by atoms with Crippen LogP contribution in [0.3, 0.4) is 0 Å². The summed E-state index contributed by atoms with van der Waals surface area (Å²) in [6, 6.07) is 0. The Balaban J connectivity index is 1.72. The van der Waals surface area contributed by atoms with Gasteiger partial charge in [0.1, 0.15) is 23.4 Å². The molecule has 0 amide bonds. The molecule has 0 aromatic carbocycles. The van der Waals surface area contributed by atoms with E-state index in [2.05, 4.69) is 27.7 Å². The molecule has 4 aliphatic rings. The average Bonchev–Trinajstić information content (AvgIpc) is 3.73. The van der Waals surface area contributed by atoms with Gasteiger partial charge in [0.05, 0.1) is 12.5 Å². The maximum atomic E-state index is 14.1. The molecule has 2 saturated carbocycles. The van der Waals surface area contributed by atoms with Crippen molar-refractivity contribution in [3.05, 3.63) is 11.6 Å². The molecule has 3 fully saturated rings. The van der Waals surface area contributed by atoms with Gasteiger partial charge in [-0.1, -0.05) is 66.4 Å². The van der Waals surface area contributed by atoms with Gasteiger partial charge in [-0.3, -0.25) is 14.4 Å². The number of Topliss-reactive ketones (excluding diaryl/α,β-unsaturated/α-hetero) is 1. The van der Waals surface area contributed by atoms with E-state index in [0.717, 1.165) is 44.9 Å². The molecular formula is C32H50O7. The van der Waals surface area contributed by atoms with E-state index >= 15 is 0 Å². The van der Waals surface area contributed by atoms with Gasteiger partial charge in [-0.25, -0.2) is 0 Å². The number of epoxide rings is 1. The van der Waals surface area contributed by atoms with E-state index in [1.165, 1.54) is 0 Å². The zero-order valence-electron chi connectivity index (χ0n) is 24.9. The number of carbonyl (C=O) groups excluding carboxylic acids is 3. The van der Waals surface area contributed by atoms with Crippen LogP contribution >= 0.6 is 0 Å². The third-order valence-electron chi connectivity index (χ3n) is 10.2. The number of hydrogen-bond acceptors (Lipinski definition) is 7. The first-order valence-electron chi connectivity index (χ1n) is 15.4. The molecule has 4 rings (SSSR count). The van der Waals surface area contributed by atoms with E-state index in [0.29, 0.717) is 24.5 Å². The molecule has 7 nitrogen and oxygen atoms in total. The number of hydrogen-bond donors (Lipinski definition) is 1. The van der Waals surface area contributed by atoms with Crippen LogP contribution in [0.5, 0.6) is 0 Å². The molecule has 0 radical (unpaired) electrons. The normalized spacial score (nSPS) is 40.1. The topological polar surface area (TPSA) is 102 Å². The first kappa shape index (κ1) is 30.2. The lowest BCUT2D eigenvalue weighted by Gasteiger charge is -2.39. The SMILES string of the molecule is CCCCCC(=O)OC1[C@H]2[C@@H](OC(=O)CCCCC)[C@@H](C)C[C@]2(O)C(=O)/C(C)=C\[C@@H]2[C@H](CC[C@@]13CO3)C2(C)C. The minimum absolute atomic E-state index is 0.0602. The third-order valence-corrected chi connectivity index (χ3v) is 10.2. The zero-order chi connectivity index (χ0) is 28.6. The van der Waals surface area contributed by atoms with Crippen LogP contribution < -0.4 is 0 Å². The van der Waals surface area contributed by atoms with E-state index in [9.17, 15) is 19.5 Å². The summed E-state index contributed by atoms with van der Waals surface area (Å²) in [5.41, 5.74) is -2.01. The van der Waals surface area contributed by atoms with Crippen molar-refractivity contribution in [1.29, 1.82) is 0 Å². The maximum absolute atomic E-state index is 14.1. The van der Waals surface area contributed by atoms with Gasteiger partial charge in [0.15, 0.2) is 5.78 Å². The van der Waals surface area contributed by atoms with Crippen molar-refractivity contribution in [2.24, 2.45) is 29.1 Å². The smallest absolute Gasteiger partial charge is 0.306 e. The van der Waals surface area contributed by atoms with E-state index in [-0.39, 0.29) is 54.2 Å². The highest BCUT2D eigenvalue weighted by molar-refractivity contribution is 6.02. The number of aliphatic hydroxyl groups is 1. The van der Waals surface area contributed by atoms with Gasteiger partial charge < -0.3 is 19.3 Å². The molecule has 1 saturated heterocycles. The summed E-state index contributed by atoms with van der Waals surface area (Å²) in [5.74, 6) is -1.57. The van der Waals surface area contributed by atoms with Crippen molar-refractivity contribution >= 4 is 17.7 Å². The molecule has 0 bridgehead atoms. The Morgan fingerprint density at radius 2 is 1.64 bits per heavy atom. The van der Waals surface area contributed by atoms with Crippen LogP contribution in [-0.2, 0) is 28.6 Å². The van der Waals surface area contributed by atoms with Gasteiger partial charge in [-0.2, -0.15) is 0 Å². The third kappa shape index (κ3) is 6.00. The Kier molecular flexibility index (Phi) is 9.02. The maximum Gasteiger partial charge on any atom is 0.306 e. The Morgan fingerprint density at radius 1 is 1.05 bits per heavy atom. The Labute approximate surface area is 234 Å². The van der Waals surface area contributed by atoms with E-state index in [4.69, 9.17) is 14.2 Å². The first-order valence-corrected chi connectivity index (χ1v) is 15.4.